The number of fused-ring (bicyclic) bond motifs is 7. The minimum absolute atomic E-state index is 0.236. The number of aryl methyl sites for hydroxylation is 4. The molecule has 0 spiro atoms. The maximum Gasteiger partial charge on any atom is 0.139 e. The topological polar surface area (TPSA) is 32.8 Å². The van der Waals surface area contributed by atoms with E-state index in [4.69, 9.17) is 8.83 Å². The Hall–Kier alpha value is -6.78. The van der Waals surface area contributed by atoms with Crippen molar-refractivity contribution in [2.75, 3.05) is 9.80 Å². The molecule has 0 aliphatic carbocycles. The Morgan fingerprint density at radius 1 is 0.339 bits per heavy atom. The number of para-hydroxylation sites is 4. The summed E-state index contributed by atoms with van der Waals surface area (Å²) in [4.78, 5) is 4.73. The molecule has 8 aromatic carbocycles. The third-order valence-electron chi connectivity index (χ3n) is 12.7. The average molecular weight is 811 g/mol. The summed E-state index contributed by atoms with van der Waals surface area (Å²) in [6, 6.07) is 52.6. The Morgan fingerprint density at radius 3 is 0.935 bits per heavy atom. The highest BCUT2D eigenvalue weighted by atomic mass is 16.3. The fraction of sp³-hybridized carbons (Fsp3) is 0.207. The third-order valence-corrected chi connectivity index (χ3v) is 12.7. The predicted octanol–water partition coefficient (Wildman–Crippen LogP) is 17.4. The van der Waals surface area contributed by atoms with Gasteiger partial charge in [-0.3, -0.25) is 0 Å². The summed E-state index contributed by atoms with van der Waals surface area (Å²) in [5, 5.41) is 6.86. The Morgan fingerprint density at radius 2 is 0.645 bits per heavy atom. The molecule has 4 nitrogen and oxygen atoms in total. The molecule has 0 aliphatic rings. The first kappa shape index (κ1) is 39.4. The third kappa shape index (κ3) is 6.35. The quantitative estimate of drug-likeness (QED) is 0.167. The van der Waals surface area contributed by atoms with Crippen molar-refractivity contribution in [1.82, 2.24) is 0 Å². The Kier molecular flexibility index (Phi) is 9.15. The largest absolute Gasteiger partial charge is 0.456 e. The molecule has 308 valence electrons. The Balaban J connectivity index is 1.22. The zero-order valence-corrected chi connectivity index (χ0v) is 37.6. The van der Waals surface area contributed by atoms with Crippen LogP contribution in [0.15, 0.2) is 154 Å². The van der Waals surface area contributed by atoms with Crippen molar-refractivity contribution in [3.8, 4) is 0 Å². The fourth-order valence-corrected chi connectivity index (χ4v) is 9.81. The first-order chi connectivity index (χ1) is 29.7. The smallest absolute Gasteiger partial charge is 0.139 e. The van der Waals surface area contributed by atoms with Gasteiger partial charge in [0.25, 0.3) is 0 Å². The van der Waals surface area contributed by atoms with Gasteiger partial charge >= 0.3 is 0 Å². The summed E-state index contributed by atoms with van der Waals surface area (Å²) < 4.78 is 14.3. The summed E-state index contributed by atoms with van der Waals surface area (Å²) in [5.74, 6) is 0. The van der Waals surface area contributed by atoms with Crippen LogP contribution in [0.3, 0.4) is 0 Å². The first-order valence-corrected chi connectivity index (χ1v) is 21.8. The maximum absolute atomic E-state index is 7.14. The Bertz CT molecular complexity index is 3070. The summed E-state index contributed by atoms with van der Waals surface area (Å²) in [7, 11) is 0. The molecule has 0 bridgehead atoms. The van der Waals surface area contributed by atoms with E-state index in [-0.39, 0.29) is 10.8 Å². The average Bonchev–Trinajstić information content (AvgIpc) is 3.77. The highest BCUT2D eigenvalue weighted by molar-refractivity contribution is 6.19. The van der Waals surface area contributed by atoms with Crippen LogP contribution in [0.4, 0.5) is 34.1 Å². The van der Waals surface area contributed by atoms with Crippen molar-refractivity contribution in [3.63, 3.8) is 0 Å². The van der Waals surface area contributed by atoms with E-state index < -0.39 is 0 Å². The van der Waals surface area contributed by atoms with Gasteiger partial charge in [-0.25, -0.2) is 0 Å². The van der Waals surface area contributed by atoms with Crippen molar-refractivity contribution in [2.45, 2.75) is 80.1 Å². The minimum atomic E-state index is -0.236. The number of anilines is 6. The van der Waals surface area contributed by atoms with E-state index in [1.54, 1.807) is 0 Å². The lowest BCUT2D eigenvalue weighted by atomic mass is 9.77. The first-order valence-electron chi connectivity index (χ1n) is 21.8. The summed E-state index contributed by atoms with van der Waals surface area (Å²) in [6.07, 6.45) is 0. The molecule has 10 rings (SSSR count). The zero-order chi connectivity index (χ0) is 43.2. The van der Waals surface area contributed by atoms with Gasteiger partial charge in [0.15, 0.2) is 0 Å². The lowest BCUT2D eigenvalue weighted by Crippen LogP contribution is -2.15. The van der Waals surface area contributed by atoms with Crippen LogP contribution < -0.4 is 9.80 Å². The van der Waals surface area contributed by atoms with Crippen LogP contribution in [0.1, 0.15) is 74.9 Å². The van der Waals surface area contributed by atoms with Crippen molar-refractivity contribution < 1.29 is 8.83 Å². The highest BCUT2D eigenvalue weighted by Crippen LogP contribution is 2.50. The zero-order valence-electron chi connectivity index (χ0n) is 37.6. The normalized spacial score (nSPS) is 12.4. The van der Waals surface area contributed by atoms with Crippen molar-refractivity contribution in [1.29, 1.82) is 0 Å². The number of nitrogens with zero attached hydrogens (tertiary/aromatic N) is 2. The summed E-state index contributed by atoms with van der Waals surface area (Å²) >= 11 is 0. The number of rotatable bonds is 6. The van der Waals surface area contributed by atoms with Crippen molar-refractivity contribution in [3.05, 3.63) is 179 Å². The second-order valence-electron chi connectivity index (χ2n) is 19.2. The van der Waals surface area contributed by atoms with E-state index in [1.807, 2.05) is 0 Å². The van der Waals surface area contributed by atoms with Gasteiger partial charge in [0.05, 0.1) is 0 Å². The van der Waals surface area contributed by atoms with Gasteiger partial charge in [0.1, 0.15) is 22.3 Å². The van der Waals surface area contributed by atoms with Gasteiger partial charge in [-0.05, 0) is 132 Å². The number of furan rings is 2. The molecule has 0 fully saturated rings. The van der Waals surface area contributed by atoms with Crippen LogP contribution in [0, 0.1) is 27.7 Å². The Labute approximate surface area is 365 Å². The van der Waals surface area contributed by atoms with E-state index in [0.717, 1.165) is 78.0 Å². The van der Waals surface area contributed by atoms with Crippen LogP contribution in [0.5, 0.6) is 0 Å². The molecule has 0 unspecified atom stereocenters. The second-order valence-corrected chi connectivity index (χ2v) is 19.2. The van der Waals surface area contributed by atoms with Gasteiger partial charge < -0.3 is 18.6 Å². The van der Waals surface area contributed by atoms with Gasteiger partial charge in [0.2, 0.25) is 0 Å². The predicted molar refractivity (Wildman–Crippen MR) is 264 cm³/mol. The van der Waals surface area contributed by atoms with E-state index in [1.165, 1.54) is 44.2 Å². The molecule has 2 heterocycles. The van der Waals surface area contributed by atoms with E-state index in [9.17, 15) is 0 Å². The monoisotopic (exact) mass is 810 g/mol. The van der Waals surface area contributed by atoms with Crippen LogP contribution in [0.2, 0.25) is 0 Å². The molecule has 0 amide bonds. The van der Waals surface area contributed by atoms with E-state index in [2.05, 4.69) is 225 Å². The van der Waals surface area contributed by atoms with Crippen LogP contribution in [0.25, 0.3) is 54.6 Å². The van der Waals surface area contributed by atoms with Crippen molar-refractivity contribution in [2.24, 2.45) is 0 Å². The van der Waals surface area contributed by atoms with E-state index in [0.29, 0.717) is 0 Å². The molecule has 10 aromatic rings. The molecular weight excluding hydrogens is 757 g/mol. The second kappa shape index (κ2) is 14.4. The lowest BCUT2D eigenvalue weighted by molar-refractivity contribution is 0.573. The fourth-order valence-electron chi connectivity index (χ4n) is 9.81. The molecule has 0 atom stereocenters. The minimum Gasteiger partial charge on any atom is -0.456 e. The molecule has 62 heavy (non-hydrogen) atoms. The standard InChI is InChI=1S/C58H54N2O2/c1-35-19-11-15-23-47(35)59(48-24-16-12-20-36(48)2)39-27-29-41-45-33-43-44(53(57(5,6)7)55(45)61-51(41)31-39)34-46-42-30-28-40(32-52(42)62-56(46)54(43)58(8,9)10)60(49-25-17-13-21-37(49)3)50-26-18-14-22-38(50)4/h11-34H,1-10H3. The summed E-state index contributed by atoms with van der Waals surface area (Å²) in [5.41, 5.74) is 17.1. The number of hydrogen-bond acceptors (Lipinski definition) is 4. The highest BCUT2D eigenvalue weighted by Gasteiger charge is 2.31. The molecule has 0 N–H and O–H groups in total. The number of hydrogen-bond donors (Lipinski definition) is 0. The molecule has 0 saturated heterocycles. The van der Waals surface area contributed by atoms with E-state index >= 15 is 0 Å². The molecule has 2 aromatic heterocycles. The van der Waals surface area contributed by atoms with Crippen LogP contribution >= 0.6 is 0 Å². The molecule has 4 heteroatoms. The van der Waals surface area contributed by atoms with Gasteiger partial charge in [-0.1, -0.05) is 114 Å². The van der Waals surface area contributed by atoms with Crippen molar-refractivity contribution >= 4 is 88.8 Å². The summed E-state index contributed by atoms with van der Waals surface area (Å²) in [6.45, 7) is 22.6. The SMILES string of the molecule is Cc1ccccc1N(c1ccc2c(c1)oc1c(C(C)(C)C)c3cc4c(oc5cc(N(c6ccccc6C)c6ccccc6C)ccc54)c(C(C)(C)C)c3cc12)c1ccccc1C. The van der Waals surface area contributed by atoms with Crippen LogP contribution in [-0.2, 0) is 10.8 Å². The van der Waals surface area contributed by atoms with Gasteiger partial charge in [0, 0.05) is 78.9 Å². The molecule has 0 radical (unpaired) electrons. The van der Waals surface area contributed by atoms with Gasteiger partial charge in [-0.2, -0.15) is 0 Å². The van der Waals surface area contributed by atoms with Gasteiger partial charge in [-0.15, -0.1) is 0 Å². The lowest BCUT2D eigenvalue weighted by Gasteiger charge is -2.28. The number of benzene rings is 8. The van der Waals surface area contributed by atoms with Crippen LogP contribution in [-0.4, -0.2) is 0 Å². The molecular formula is C58H54N2O2. The maximum atomic E-state index is 7.14. The molecule has 0 saturated carbocycles. The molecule has 0 aliphatic heterocycles.